The number of hydrogen-bond donors (Lipinski definition) is 1. The highest BCUT2D eigenvalue weighted by Gasteiger charge is 2.58. The van der Waals surface area contributed by atoms with E-state index in [9.17, 15) is 9.59 Å². The lowest BCUT2D eigenvalue weighted by Gasteiger charge is -2.34. The van der Waals surface area contributed by atoms with Crippen LogP contribution in [0.2, 0.25) is 0 Å². The standard InChI is InChI=1S/C23H31N3O2/c27-21(25-12-4-5-18-8-13-24-14-9-18)20-17-23(20)10-15-26(16-11-23)22(28)19-6-2-1-3-7-19/h6,8-9,13-14,20H,1-5,7,10-12,15-17H2,(H,25,27)/t20-/m0/s1. The molecular weight excluding hydrogens is 350 g/mol. The summed E-state index contributed by atoms with van der Waals surface area (Å²) >= 11 is 0. The minimum Gasteiger partial charge on any atom is -0.356 e. The number of carbonyl (C=O) groups is 2. The molecule has 2 heterocycles. The lowest BCUT2D eigenvalue weighted by atomic mass is 9.89. The van der Waals surface area contributed by atoms with Crippen LogP contribution in [0.1, 0.15) is 56.9 Å². The second-order valence-corrected chi connectivity index (χ2v) is 8.64. The summed E-state index contributed by atoms with van der Waals surface area (Å²) in [6.07, 6.45) is 14.9. The summed E-state index contributed by atoms with van der Waals surface area (Å²) in [6, 6.07) is 4.05. The van der Waals surface area contributed by atoms with Gasteiger partial charge in [-0.05, 0) is 80.9 Å². The van der Waals surface area contributed by atoms with Gasteiger partial charge in [0.1, 0.15) is 0 Å². The van der Waals surface area contributed by atoms with Gasteiger partial charge in [-0.2, -0.15) is 0 Å². The van der Waals surface area contributed by atoms with E-state index < -0.39 is 0 Å². The molecule has 0 radical (unpaired) electrons. The van der Waals surface area contributed by atoms with Crippen LogP contribution in [-0.2, 0) is 16.0 Å². The summed E-state index contributed by atoms with van der Waals surface area (Å²) in [5.74, 6) is 0.608. The number of rotatable bonds is 6. The largest absolute Gasteiger partial charge is 0.356 e. The summed E-state index contributed by atoms with van der Waals surface area (Å²) in [5, 5.41) is 3.13. The Morgan fingerprint density at radius 2 is 1.96 bits per heavy atom. The van der Waals surface area contributed by atoms with Gasteiger partial charge >= 0.3 is 0 Å². The predicted octanol–water partition coefficient (Wildman–Crippen LogP) is 3.26. The number of hydrogen-bond acceptors (Lipinski definition) is 3. The number of amides is 2. The van der Waals surface area contributed by atoms with Crippen molar-refractivity contribution in [2.45, 2.75) is 57.8 Å². The van der Waals surface area contributed by atoms with Crippen molar-refractivity contribution in [3.8, 4) is 0 Å². The van der Waals surface area contributed by atoms with E-state index in [0.717, 1.165) is 76.6 Å². The van der Waals surface area contributed by atoms with E-state index in [4.69, 9.17) is 0 Å². The molecule has 0 aromatic carbocycles. The van der Waals surface area contributed by atoms with E-state index in [-0.39, 0.29) is 23.1 Å². The summed E-state index contributed by atoms with van der Waals surface area (Å²) in [6.45, 7) is 2.34. The van der Waals surface area contributed by atoms with Crippen molar-refractivity contribution < 1.29 is 9.59 Å². The fourth-order valence-corrected chi connectivity index (χ4v) is 4.84. The van der Waals surface area contributed by atoms with E-state index in [1.165, 1.54) is 12.0 Å². The quantitative estimate of drug-likeness (QED) is 0.770. The van der Waals surface area contributed by atoms with Gasteiger partial charge in [0, 0.05) is 43.5 Å². The fourth-order valence-electron chi connectivity index (χ4n) is 4.84. The van der Waals surface area contributed by atoms with E-state index >= 15 is 0 Å². The molecule has 2 aliphatic carbocycles. The van der Waals surface area contributed by atoms with Crippen LogP contribution in [0.5, 0.6) is 0 Å². The Balaban J connectivity index is 1.18. The Kier molecular flexibility index (Phi) is 5.79. The number of nitrogens with zero attached hydrogens (tertiary/aromatic N) is 2. The number of carbonyl (C=O) groups excluding carboxylic acids is 2. The van der Waals surface area contributed by atoms with E-state index in [2.05, 4.69) is 16.4 Å². The third kappa shape index (κ3) is 4.29. The first-order valence-electron chi connectivity index (χ1n) is 10.8. The van der Waals surface area contributed by atoms with Crippen molar-refractivity contribution in [3.05, 3.63) is 41.7 Å². The van der Waals surface area contributed by atoms with Gasteiger partial charge in [0.25, 0.3) is 0 Å². The molecule has 0 unspecified atom stereocenters. The molecule has 2 fully saturated rings. The van der Waals surface area contributed by atoms with Gasteiger partial charge in [-0.15, -0.1) is 0 Å². The molecule has 4 rings (SSSR count). The van der Waals surface area contributed by atoms with Crippen molar-refractivity contribution in [2.24, 2.45) is 11.3 Å². The zero-order chi connectivity index (χ0) is 19.4. The highest BCUT2D eigenvalue weighted by molar-refractivity contribution is 5.93. The van der Waals surface area contributed by atoms with E-state index in [1.807, 2.05) is 29.4 Å². The Hall–Kier alpha value is -2.17. The number of aromatic nitrogens is 1. The third-order valence-corrected chi connectivity index (χ3v) is 6.81. The summed E-state index contributed by atoms with van der Waals surface area (Å²) in [4.78, 5) is 31.3. The molecule has 1 aromatic heterocycles. The Morgan fingerprint density at radius 1 is 1.18 bits per heavy atom. The lowest BCUT2D eigenvalue weighted by molar-refractivity contribution is -0.129. The predicted molar refractivity (Wildman–Crippen MR) is 108 cm³/mol. The molecular formula is C23H31N3O2. The van der Waals surface area contributed by atoms with Crippen LogP contribution < -0.4 is 5.32 Å². The molecule has 0 bridgehead atoms. The van der Waals surface area contributed by atoms with Crippen LogP contribution in [0, 0.1) is 11.3 Å². The van der Waals surface area contributed by atoms with Crippen molar-refractivity contribution in [3.63, 3.8) is 0 Å². The van der Waals surface area contributed by atoms with Gasteiger partial charge in [0.05, 0.1) is 0 Å². The number of nitrogens with one attached hydrogen (secondary N) is 1. The summed E-state index contributed by atoms with van der Waals surface area (Å²) in [5.41, 5.74) is 2.44. The molecule has 28 heavy (non-hydrogen) atoms. The zero-order valence-corrected chi connectivity index (χ0v) is 16.7. The number of aryl methyl sites for hydroxylation is 1. The van der Waals surface area contributed by atoms with Crippen LogP contribution in [0.3, 0.4) is 0 Å². The lowest BCUT2D eigenvalue weighted by Crippen LogP contribution is -2.41. The highest BCUT2D eigenvalue weighted by Crippen LogP contribution is 2.59. The summed E-state index contributed by atoms with van der Waals surface area (Å²) in [7, 11) is 0. The van der Waals surface area contributed by atoms with E-state index in [1.54, 1.807) is 0 Å². The van der Waals surface area contributed by atoms with Gasteiger partial charge in [0.2, 0.25) is 11.8 Å². The molecule has 1 aliphatic heterocycles. The topological polar surface area (TPSA) is 62.3 Å². The molecule has 3 aliphatic rings. The number of allylic oxidation sites excluding steroid dienone is 1. The molecule has 1 saturated heterocycles. The molecule has 5 nitrogen and oxygen atoms in total. The Bertz CT molecular complexity index is 735. The molecule has 2 amide bonds. The Morgan fingerprint density at radius 3 is 2.68 bits per heavy atom. The third-order valence-electron chi connectivity index (χ3n) is 6.81. The maximum Gasteiger partial charge on any atom is 0.249 e. The smallest absolute Gasteiger partial charge is 0.249 e. The van der Waals surface area contributed by atoms with Gasteiger partial charge in [0.15, 0.2) is 0 Å². The van der Waals surface area contributed by atoms with Gasteiger partial charge in [-0.1, -0.05) is 6.08 Å². The summed E-state index contributed by atoms with van der Waals surface area (Å²) < 4.78 is 0. The molecule has 1 saturated carbocycles. The highest BCUT2D eigenvalue weighted by atomic mass is 16.2. The van der Waals surface area contributed by atoms with Crippen LogP contribution in [0.4, 0.5) is 0 Å². The maximum atomic E-state index is 12.7. The average molecular weight is 382 g/mol. The van der Waals surface area contributed by atoms with Crippen molar-refractivity contribution in [1.82, 2.24) is 15.2 Å². The molecule has 5 heteroatoms. The van der Waals surface area contributed by atoms with Gasteiger partial charge in [-0.25, -0.2) is 0 Å². The first kappa shape index (κ1) is 19.2. The van der Waals surface area contributed by atoms with Crippen LogP contribution in [-0.4, -0.2) is 41.3 Å². The van der Waals surface area contributed by atoms with E-state index in [0.29, 0.717) is 0 Å². The average Bonchev–Trinajstić information content (AvgIpc) is 3.46. The van der Waals surface area contributed by atoms with Crippen LogP contribution >= 0.6 is 0 Å². The number of likely N-dealkylation sites (tertiary alicyclic amines) is 1. The first-order chi connectivity index (χ1) is 13.7. The molecule has 1 spiro atoms. The monoisotopic (exact) mass is 381 g/mol. The molecule has 1 aromatic rings. The second kappa shape index (κ2) is 8.46. The fraction of sp³-hybridized carbons (Fsp3) is 0.609. The van der Waals surface area contributed by atoms with Crippen LogP contribution in [0.15, 0.2) is 36.2 Å². The van der Waals surface area contributed by atoms with Gasteiger partial charge < -0.3 is 10.2 Å². The minimum atomic E-state index is 0.152. The molecule has 1 atom stereocenters. The minimum absolute atomic E-state index is 0.152. The SMILES string of the molecule is O=C(NCCCc1ccncc1)[C@@H]1CC12CCN(C(=O)C1=CCCCC1)CC2. The first-order valence-corrected chi connectivity index (χ1v) is 10.8. The maximum absolute atomic E-state index is 12.7. The molecule has 1 N–H and O–H groups in total. The number of piperidine rings is 1. The zero-order valence-electron chi connectivity index (χ0n) is 16.7. The second-order valence-electron chi connectivity index (χ2n) is 8.64. The normalized spacial score (nSPS) is 23.2. The Labute approximate surface area is 167 Å². The van der Waals surface area contributed by atoms with Gasteiger partial charge in [-0.3, -0.25) is 14.6 Å². The van der Waals surface area contributed by atoms with Crippen LogP contribution in [0.25, 0.3) is 0 Å². The number of pyridine rings is 1. The van der Waals surface area contributed by atoms with Crippen molar-refractivity contribution in [1.29, 1.82) is 0 Å². The van der Waals surface area contributed by atoms with Crippen molar-refractivity contribution in [2.75, 3.05) is 19.6 Å². The molecule has 150 valence electrons. The van der Waals surface area contributed by atoms with Crippen molar-refractivity contribution >= 4 is 11.8 Å².